The number of imidazole rings is 1. The van der Waals surface area contributed by atoms with Crippen molar-refractivity contribution in [3.63, 3.8) is 0 Å². The smallest absolute Gasteiger partial charge is 0.228 e. The molecule has 0 radical (unpaired) electrons. The minimum Gasteiger partial charge on any atom is -0.326 e. The first-order valence-electron chi connectivity index (χ1n) is 12.7. The number of nitrogens with zero attached hydrogens (tertiary/aromatic N) is 5. The zero-order valence-electron chi connectivity index (χ0n) is 21.8. The van der Waals surface area contributed by atoms with Gasteiger partial charge in [0, 0.05) is 49.2 Å². The van der Waals surface area contributed by atoms with Crippen LogP contribution in [-0.2, 0) is 6.54 Å². The van der Waals surface area contributed by atoms with Gasteiger partial charge in [0.1, 0.15) is 29.0 Å². The van der Waals surface area contributed by atoms with E-state index in [9.17, 15) is 8.78 Å². The first-order valence-corrected chi connectivity index (χ1v) is 12.7. The highest BCUT2D eigenvalue weighted by Crippen LogP contribution is 2.35. The molecule has 4 rings (SSSR count). The lowest BCUT2D eigenvalue weighted by Crippen LogP contribution is -2.27. The van der Waals surface area contributed by atoms with Crippen molar-refractivity contribution in [2.45, 2.75) is 53.1 Å². The highest BCUT2D eigenvalue weighted by molar-refractivity contribution is 5.87. The Balaban J connectivity index is 1.50. The second-order valence-corrected chi connectivity index (χ2v) is 9.30. The van der Waals surface area contributed by atoms with Crippen molar-refractivity contribution in [2.24, 2.45) is 0 Å². The normalized spacial score (nSPS) is 13.3. The topological polar surface area (TPSA) is 92.6 Å². The summed E-state index contributed by atoms with van der Waals surface area (Å²) in [4.78, 5) is 17.3. The van der Waals surface area contributed by atoms with Gasteiger partial charge in [-0.2, -0.15) is 0 Å². The van der Waals surface area contributed by atoms with E-state index in [4.69, 9.17) is 0 Å². The second kappa shape index (κ2) is 12.2. The fraction of sp³-hybridized carbons (Fsp3) is 0.407. The maximum atomic E-state index is 14.9. The van der Waals surface area contributed by atoms with Crippen LogP contribution in [0.5, 0.6) is 0 Å². The van der Waals surface area contributed by atoms with Gasteiger partial charge in [0.2, 0.25) is 5.95 Å². The molecule has 0 saturated heterocycles. The molecule has 3 N–H and O–H groups in total. The predicted octanol–water partition coefficient (Wildman–Crippen LogP) is 5.18. The molecule has 196 valence electrons. The van der Waals surface area contributed by atoms with Gasteiger partial charge in [-0.15, -0.1) is 0 Å². The summed E-state index contributed by atoms with van der Waals surface area (Å²) in [5, 5.41) is 9.73. The van der Waals surface area contributed by atoms with Crippen LogP contribution in [0.2, 0.25) is 0 Å². The maximum absolute atomic E-state index is 14.9. The Morgan fingerprint density at radius 2 is 1.78 bits per heavy atom. The van der Waals surface area contributed by atoms with Crippen molar-refractivity contribution >= 4 is 29.2 Å². The van der Waals surface area contributed by atoms with Crippen molar-refractivity contribution in [3.05, 3.63) is 64.9 Å². The Labute approximate surface area is 216 Å². The van der Waals surface area contributed by atoms with Gasteiger partial charge in [-0.1, -0.05) is 6.92 Å². The number of allylic oxidation sites excluding steroid dienone is 2. The molecule has 3 heterocycles. The molecular weight excluding hydrogens is 474 g/mol. The molecule has 0 spiro atoms. The Morgan fingerprint density at radius 3 is 2.51 bits per heavy atom. The average molecular weight is 509 g/mol. The standard InChI is InChI=1S/C27H34F2N8/c1-5-8-30-9-10-31-13-19-14-33-27(34-15-19)36-25-12-21(23(29)16-32-25)20-6-7-22(28)26-24(11-20)37(17(2)3)18(4)35-26/h7,11-12,14-17,30-31H,5-6,8-10,13H2,1-4H3,(H,32,33,34,36). The maximum Gasteiger partial charge on any atom is 0.228 e. The number of pyridine rings is 1. The third kappa shape index (κ3) is 6.44. The van der Waals surface area contributed by atoms with E-state index in [2.05, 4.69) is 42.8 Å². The summed E-state index contributed by atoms with van der Waals surface area (Å²) < 4.78 is 31.7. The van der Waals surface area contributed by atoms with Crippen LogP contribution in [0.15, 0.2) is 30.7 Å². The minimum absolute atomic E-state index is 0.0761. The molecule has 3 aromatic rings. The van der Waals surface area contributed by atoms with Crippen LogP contribution in [0.25, 0.3) is 17.5 Å². The van der Waals surface area contributed by atoms with Crippen LogP contribution < -0.4 is 16.0 Å². The summed E-state index contributed by atoms with van der Waals surface area (Å²) >= 11 is 0. The van der Waals surface area contributed by atoms with Crippen LogP contribution in [0.3, 0.4) is 0 Å². The number of fused-ring (bicyclic) bond motifs is 1. The SMILES string of the molecule is CCCNCCNCc1cnc(Nc2cc(C3=Cc4c(nc(C)n4C(C)C)C(F)=CC3)c(F)cn2)nc1. The summed E-state index contributed by atoms with van der Waals surface area (Å²) in [6.45, 7) is 11.5. The number of hydrogen-bond donors (Lipinski definition) is 3. The molecule has 0 saturated carbocycles. The molecular formula is C27H34F2N8. The number of aromatic nitrogens is 5. The van der Waals surface area contributed by atoms with E-state index in [1.54, 1.807) is 18.5 Å². The van der Waals surface area contributed by atoms with E-state index >= 15 is 0 Å². The molecule has 0 bridgehead atoms. The lowest BCUT2D eigenvalue weighted by Gasteiger charge is -2.14. The quantitative estimate of drug-likeness (QED) is 0.307. The van der Waals surface area contributed by atoms with Crippen LogP contribution >= 0.6 is 0 Å². The van der Waals surface area contributed by atoms with Gasteiger partial charge in [0.25, 0.3) is 0 Å². The zero-order valence-corrected chi connectivity index (χ0v) is 21.8. The van der Waals surface area contributed by atoms with E-state index in [1.165, 1.54) is 6.08 Å². The van der Waals surface area contributed by atoms with E-state index in [-0.39, 0.29) is 18.2 Å². The van der Waals surface area contributed by atoms with Crippen molar-refractivity contribution in [1.29, 1.82) is 0 Å². The number of rotatable bonds is 11. The third-order valence-electron chi connectivity index (χ3n) is 6.06. The van der Waals surface area contributed by atoms with Crippen molar-refractivity contribution in [2.75, 3.05) is 25.0 Å². The Kier molecular flexibility index (Phi) is 8.73. The molecule has 1 aliphatic carbocycles. The first-order chi connectivity index (χ1) is 17.9. The summed E-state index contributed by atoms with van der Waals surface area (Å²) in [7, 11) is 0. The van der Waals surface area contributed by atoms with Crippen LogP contribution in [0, 0.1) is 12.7 Å². The fourth-order valence-electron chi connectivity index (χ4n) is 4.32. The molecule has 0 aromatic carbocycles. The minimum atomic E-state index is -0.489. The molecule has 37 heavy (non-hydrogen) atoms. The second-order valence-electron chi connectivity index (χ2n) is 9.30. The van der Waals surface area contributed by atoms with Gasteiger partial charge >= 0.3 is 0 Å². The number of aryl methyl sites for hydroxylation is 1. The summed E-state index contributed by atoms with van der Waals surface area (Å²) in [5.41, 5.74) is 2.84. The van der Waals surface area contributed by atoms with Gasteiger partial charge < -0.3 is 20.5 Å². The van der Waals surface area contributed by atoms with Crippen molar-refractivity contribution in [3.8, 4) is 0 Å². The molecule has 8 nitrogen and oxygen atoms in total. The molecule has 10 heteroatoms. The molecule has 0 unspecified atom stereocenters. The van der Waals surface area contributed by atoms with Crippen LogP contribution in [-0.4, -0.2) is 44.1 Å². The lowest BCUT2D eigenvalue weighted by molar-refractivity contribution is 0.578. The van der Waals surface area contributed by atoms with Gasteiger partial charge in [-0.05, 0) is 63.9 Å². The number of halogens is 2. The van der Waals surface area contributed by atoms with E-state index in [0.29, 0.717) is 41.0 Å². The van der Waals surface area contributed by atoms with Gasteiger partial charge in [0.05, 0.1) is 11.9 Å². The molecule has 0 fully saturated rings. The van der Waals surface area contributed by atoms with Gasteiger partial charge in [-0.3, -0.25) is 0 Å². The van der Waals surface area contributed by atoms with Crippen molar-refractivity contribution in [1.82, 2.24) is 35.1 Å². The Morgan fingerprint density at radius 1 is 1.03 bits per heavy atom. The van der Waals surface area contributed by atoms with Gasteiger partial charge in [0.15, 0.2) is 0 Å². The van der Waals surface area contributed by atoms with E-state index < -0.39 is 11.6 Å². The molecule has 3 aromatic heterocycles. The third-order valence-corrected chi connectivity index (χ3v) is 6.06. The highest BCUT2D eigenvalue weighted by atomic mass is 19.1. The number of anilines is 2. The zero-order chi connectivity index (χ0) is 26.4. The molecule has 1 aliphatic rings. The number of hydrogen-bond acceptors (Lipinski definition) is 7. The summed E-state index contributed by atoms with van der Waals surface area (Å²) in [6, 6.07) is 1.68. The number of nitrogens with one attached hydrogen (secondary N) is 3. The fourth-order valence-corrected chi connectivity index (χ4v) is 4.32. The van der Waals surface area contributed by atoms with E-state index in [0.717, 1.165) is 37.8 Å². The monoisotopic (exact) mass is 508 g/mol. The summed E-state index contributed by atoms with van der Waals surface area (Å²) in [5.74, 6) is 0.569. The molecule has 0 atom stereocenters. The molecule has 0 aliphatic heterocycles. The predicted molar refractivity (Wildman–Crippen MR) is 143 cm³/mol. The average Bonchev–Trinajstić information content (AvgIpc) is 3.13. The van der Waals surface area contributed by atoms with Crippen LogP contribution in [0.4, 0.5) is 20.5 Å². The lowest BCUT2D eigenvalue weighted by atomic mass is 10.0. The largest absolute Gasteiger partial charge is 0.326 e. The first kappa shape index (κ1) is 26.6. The summed E-state index contributed by atoms with van der Waals surface area (Å²) in [6.07, 6.45) is 9.24. The Bertz CT molecular complexity index is 1280. The van der Waals surface area contributed by atoms with E-state index in [1.807, 2.05) is 31.4 Å². The highest BCUT2D eigenvalue weighted by Gasteiger charge is 2.22. The Hall–Kier alpha value is -3.50. The van der Waals surface area contributed by atoms with Gasteiger partial charge in [-0.25, -0.2) is 28.7 Å². The van der Waals surface area contributed by atoms with Crippen LogP contribution in [0.1, 0.15) is 68.0 Å². The molecule has 0 amide bonds. The van der Waals surface area contributed by atoms with Crippen molar-refractivity contribution < 1.29 is 8.78 Å².